The molecule has 2 N–H and O–H groups in total. The smallest absolute Gasteiger partial charge is 0.313 e. The highest BCUT2D eigenvalue weighted by Crippen LogP contribution is 2.61. The Hall–Kier alpha value is -3.10. The third-order valence-electron chi connectivity index (χ3n) is 11.3. The summed E-state index contributed by atoms with van der Waals surface area (Å²) in [4.78, 5) is 62.2. The summed E-state index contributed by atoms with van der Waals surface area (Å²) in [5.41, 5.74) is -0.644. The molecular weight excluding hydrogens is 732 g/mol. The molecule has 5 rings (SSSR count). The highest BCUT2D eigenvalue weighted by atomic mass is 79.9. The molecule has 0 aliphatic carbocycles. The first-order chi connectivity index (χ1) is 25.0. The predicted octanol–water partition coefficient (Wildman–Crippen LogP) is 3.24. The van der Waals surface area contributed by atoms with Crippen molar-refractivity contribution < 1.29 is 38.5 Å². The number of nitrogens with zero attached hydrogens (tertiary/aromatic N) is 3. The molecule has 4 aliphatic heterocycles. The summed E-state index contributed by atoms with van der Waals surface area (Å²) in [7, 11) is 0. The average Bonchev–Trinajstić information content (AvgIpc) is 3.75. The van der Waals surface area contributed by atoms with Gasteiger partial charge in [0.25, 0.3) is 0 Å². The number of hydrogen-bond acceptors (Lipinski definition) is 9. The number of morpholine rings is 1. The van der Waals surface area contributed by atoms with Gasteiger partial charge in [0.1, 0.15) is 17.7 Å². The second-order valence-corrected chi connectivity index (χ2v) is 15.7. The Balaban J connectivity index is 1.49. The predicted molar refractivity (Wildman–Crippen MR) is 199 cm³/mol. The van der Waals surface area contributed by atoms with Crippen molar-refractivity contribution in [3.63, 3.8) is 0 Å². The van der Waals surface area contributed by atoms with Crippen LogP contribution in [0.4, 0.5) is 0 Å². The SMILES string of the molecule is C=CCCC(=O)N[C@@H](C)[C@H](OC(=O)[C@@H]1[C@H]2O[C@@]3(CC2Br)[C@H](C(=O)N(CC=C)CCN2CCOCC2)N([C@@H](CO)[C@@H](C)CC)C(=O)[C@@H]13)c1ccccc1. The van der Waals surface area contributed by atoms with E-state index >= 15 is 0 Å². The molecule has 0 aromatic heterocycles. The topological polar surface area (TPSA) is 138 Å². The number of halogens is 1. The number of likely N-dealkylation sites (tertiary alicyclic amines) is 1. The molecule has 4 fully saturated rings. The minimum absolute atomic E-state index is 0.143. The fourth-order valence-corrected chi connectivity index (χ4v) is 9.38. The van der Waals surface area contributed by atoms with E-state index in [-0.39, 0.29) is 42.1 Å². The summed E-state index contributed by atoms with van der Waals surface area (Å²) >= 11 is 3.76. The lowest BCUT2D eigenvalue weighted by Crippen LogP contribution is -2.60. The number of aliphatic hydroxyl groups excluding tert-OH is 1. The maximum Gasteiger partial charge on any atom is 0.313 e. The number of fused-ring (bicyclic) bond motifs is 1. The normalized spacial score (nSPS) is 29.1. The van der Waals surface area contributed by atoms with Gasteiger partial charge in [0, 0.05) is 44.0 Å². The number of rotatable bonds is 18. The van der Waals surface area contributed by atoms with E-state index in [1.165, 1.54) is 4.90 Å². The largest absolute Gasteiger partial charge is 0.455 e. The van der Waals surface area contributed by atoms with Crippen LogP contribution in [0.2, 0.25) is 0 Å². The molecule has 1 aromatic carbocycles. The lowest BCUT2D eigenvalue weighted by Gasteiger charge is -2.41. The van der Waals surface area contributed by atoms with Crippen molar-refractivity contribution in [1.82, 2.24) is 20.0 Å². The van der Waals surface area contributed by atoms with Crippen LogP contribution in [-0.4, -0.2) is 131 Å². The Labute approximate surface area is 316 Å². The van der Waals surface area contributed by atoms with Crippen molar-refractivity contribution >= 4 is 39.6 Å². The summed E-state index contributed by atoms with van der Waals surface area (Å²) in [5, 5.41) is 13.7. The Morgan fingerprint density at radius 2 is 1.88 bits per heavy atom. The number of nitrogens with one attached hydrogen (secondary N) is 1. The van der Waals surface area contributed by atoms with Gasteiger partial charge in [-0.05, 0) is 31.2 Å². The monoisotopic (exact) mass is 786 g/mol. The fourth-order valence-electron chi connectivity index (χ4n) is 8.43. The summed E-state index contributed by atoms with van der Waals surface area (Å²) in [6.45, 7) is 17.0. The minimum atomic E-state index is -1.33. The zero-order valence-corrected chi connectivity index (χ0v) is 32.2. The molecule has 0 radical (unpaired) electrons. The van der Waals surface area contributed by atoms with Crippen LogP contribution in [0.25, 0.3) is 0 Å². The van der Waals surface area contributed by atoms with E-state index in [1.54, 1.807) is 24.0 Å². The molecule has 1 unspecified atom stereocenters. The number of amides is 3. The minimum Gasteiger partial charge on any atom is -0.455 e. The number of aliphatic hydroxyl groups is 1. The maximum atomic E-state index is 14.9. The van der Waals surface area contributed by atoms with Crippen LogP contribution in [0.1, 0.15) is 58.1 Å². The van der Waals surface area contributed by atoms with Gasteiger partial charge in [-0.2, -0.15) is 0 Å². The second-order valence-electron chi connectivity index (χ2n) is 14.5. The number of carbonyl (C=O) groups is 4. The Morgan fingerprint density at radius 1 is 1.17 bits per heavy atom. The molecule has 286 valence electrons. The van der Waals surface area contributed by atoms with Crippen molar-refractivity contribution in [3.05, 3.63) is 61.2 Å². The van der Waals surface area contributed by atoms with Crippen LogP contribution >= 0.6 is 15.9 Å². The third kappa shape index (κ3) is 8.03. The standard InChI is InChI=1S/C39H55BrN4O8/c1-6-9-15-30(46)41-26(5)33(27-13-11-10-12-14-27)51-38(49)31-32-36(47)44(29(24-45)25(4)8-3)35(39(32)23-28(40)34(31)52-39)37(48)43(16-7-2)18-17-42-19-21-50-22-20-42/h6-7,10-14,25-26,28-29,31-35,45H,1-2,8-9,15-24H2,3-5H3,(H,41,46)/t25-,26-,28?,29-,31-,32+,33-,34-,35-,39+/m0/s1. The third-order valence-corrected chi connectivity index (χ3v) is 12.2. The molecule has 1 aromatic rings. The number of ether oxygens (including phenoxy) is 3. The molecule has 12 nitrogen and oxygen atoms in total. The van der Waals surface area contributed by atoms with Gasteiger partial charge < -0.3 is 34.4 Å². The van der Waals surface area contributed by atoms with Crippen LogP contribution in [-0.2, 0) is 33.4 Å². The molecule has 2 bridgehead atoms. The van der Waals surface area contributed by atoms with E-state index in [0.29, 0.717) is 51.1 Å². The molecule has 10 atom stereocenters. The molecule has 1 spiro atoms. The van der Waals surface area contributed by atoms with Crippen molar-refractivity contribution in [1.29, 1.82) is 0 Å². The molecule has 52 heavy (non-hydrogen) atoms. The highest BCUT2D eigenvalue weighted by Gasteiger charge is 2.77. The van der Waals surface area contributed by atoms with Crippen LogP contribution in [0.5, 0.6) is 0 Å². The Bertz CT molecular complexity index is 1440. The summed E-state index contributed by atoms with van der Waals surface area (Å²) in [6, 6.07) is 6.84. The summed E-state index contributed by atoms with van der Waals surface area (Å²) in [5.74, 6) is -3.71. The second kappa shape index (κ2) is 17.8. The molecule has 0 saturated carbocycles. The number of hydrogen-bond donors (Lipinski definition) is 2. The van der Waals surface area contributed by atoms with Gasteiger partial charge in [-0.1, -0.05) is 78.7 Å². The van der Waals surface area contributed by atoms with Crippen LogP contribution < -0.4 is 5.32 Å². The number of carbonyl (C=O) groups excluding carboxylic acids is 4. The number of allylic oxidation sites excluding steroid dienone is 1. The van der Waals surface area contributed by atoms with Crippen molar-refractivity contribution in [2.75, 3.05) is 52.5 Å². The van der Waals surface area contributed by atoms with Gasteiger partial charge in [-0.15, -0.1) is 13.2 Å². The van der Waals surface area contributed by atoms with E-state index in [0.717, 1.165) is 13.1 Å². The first kappa shape index (κ1) is 40.1. The first-order valence-corrected chi connectivity index (χ1v) is 19.5. The summed E-state index contributed by atoms with van der Waals surface area (Å²) in [6.07, 6.45) is 3.49. The van der Waals surface area contributed by atoms with Crippen molar-refractivity contribution in [3.8, 4) is 0 Å². The number of benzene rings is 1. The summed E-state index contributed by atoms with van der Waals surface area (Å²) < 4.78 is 18.6. The molecule has 4 saturated heterocycles. The zero-order chi connectivity index (χ0) is 37.6. The zero-order valence-electron chi connectivity index (χ0n) is 30.7. The number of alkyl halides is 1. The molecular formula is C39H55BrN4O8. The van der Waals surface area contributed by atoms with Gasteiger partial charge in [-0.25, -0.2) is 0 Å². The lowest BCUT2D eigenvalue weighted by molar-refractivity contribution is -0.163. The van der Waals surface area contributed by atoms with Gasteiger partial charge in [0.05, 0.1) is 49.8 Å². The van der Waals surface area contributed by atoms with E-state index < -0.39 is 59.6 Å². The Morgan fingerprint density at radius 3 is 2.52 bits per heavy atom. The van der Waals surface area contributed by atoms with Gasteiger partial charge in [0.2, 0.25) is 17.7 Å². The molecule has 13 heteroatoms. The van der Waals surface area contributed by atoms with E-state index in [4.69, 9.17) is 14.2 Å². The maximum absolute atomic E-state index is 14.9. The first-order valence-electron chi connectivity index (χ1n) is 18.6. The molecule has 4 heterocycles. The average molecular weight is 788 g/mol. The van der Waals surface area contributed by atoms with Crippen LogP contribution in [0.3, 0.4) is 0 Å². The van der Waals surface area contributed by atoms with E-state index in [9.17, 15) is 24.3 Å². The molecule has 4 aliphatic rings. The van der Waals surface area contributed by atoms with Crippen LogP contribution in [0.15, 0.2) is 55.6 Å². The van der Waals surface area contributed by atoms with E-state index in [1.807, 2.05) is 44.2 Å². The Kier molecular flexibility index (Phi) is 13.7. The quantitative estimate of drug-likeness (QED) is 0.131. The van der Waals surface area contributed by atoms with E-state index in [2.05, 4.69) is 39.3 Å². The van der Waals surface area contributed by atoms with Crippen molar-refractivity contribution in [2.24, 2.45) is 17.8 Å². The van der Waals surface area contributed by atoms with Crippen molar-refractivity contribution in [2.45, 2.75) is 87.2 Å². The van der Waals surface area contributed by atoms with Gasteiger partial charge >= 0.3 is 5.97 Å². The highest BCUT2D eigenvalue weighted by molar-refractivity contribution is 9.09. The fraction of sp³-hybridized carbons (Fsp3) is 0.641. The van der Waals surface area contributed by atoms with Gasteiger partial charge in [0.15, 0.2) is 0 Å². The molecule has 3 amide bonds. The van der Waals surface area contributed by atoms with Gasteiger partial charge in [-0.3, -0.25) is 24.1 Å². The lowest BCUT2D eigenvalue weighted by atomic mass is 9.70. The number of esters is 1. The van der Waals surface area contributed by atoms with Crippen LogP contribution in [0, 0.1) is 17.8 Å².